The van der Waals surface area contributed by atoms with Gasteiger partial charge in [-0.05, 0) is 12.1 Å². The fraction of sp³-hybridized carbons (Fsp3) is 0. The predicted molar refractivity (Wildman–Crippen MR) is 91.8 cm³/mol. The Morgan fingerprint density at radius 1 is 0.880 bits per heavy atom. The lowest BCUT2D eigenvalue weighted by molar-refractivity contribution is 0.105. The molecule has 25 heavy (non-hydrogen) atoms. The van der Waals surface area contributed by atoms with Crippen molar-refractivity contribution < 1.29 is 22.9 Å². The molecule has 0 spiro atoms. The molecule has 6 nitrogen and oxygen atoms in total. The molecule has 0 fully saturated rings. The van der Waals surface area contributed by atoms with E-state index in [1.807, 2.05) is 0 Å². The molecule has 0 atom stereocenters. The van der Waals surface area contributed by atoms with Crippen LogP contribution in [0, 0.1) is 0 Å². The first kappa shape index (κ1) is 15.5. The lowest BCUT2D eigenvalue weighted by atomic mass is 10.1. The molecule has 0 bridgehead atoms. The Balaban J connectivity index is 1.98. The van der Waals surface area contributed by atoms with E-state index in [-0.39, 0.29) is 33.2 Å². The predicted octanol–water partition coefficient (Wildman–Crippen LogP) is 3.10. The number of aromatic nitrogens is 1. The van der Waals surface area contributed by atoms with Gasteiger partial charge in [0.2, 0.25) is 0 Å². The molecule has 1 aliphatic carbocycles. The molecule has 0 unspecified atom stereocenters. The first-order valence-electron chi connectivity index (χ1n) is 7.33. The van der Waals surface area contributed by atoms with Crippen molar-refractivity contribution in [2.45, 2.75) is 4.90 Å². The average Bonchev–Trinajstić information content (AvgIpc) is 2.84. The Morgan fingerprint density at radius 2 is 1.60 bits per heavy atom. The number of aliphatic hydroxyl groups excluding tert-OH is 1. The summed E-state index contributed by atoms with van der Waals surface area (Å²) in [6.45, 7) is 0. The number of aliphatic hydroxyl groups is 1. The molecule has 1 aromatic heterocycles. The number of ketones is 1. The number of carbonyl (C=O) groups excluding carboxylic acids is 1. The van der Waals surface area contributed by atoms with E-state index in [1.165, 1.54) is 18.2 Å². The van der Waals surface area contributed by atoms with Crippen LogP contribution < -0.4 is 0 Å². The number of rotatable bonds is 2. The summed E-state index contributed by atoms with van der Waals surface area (Å²) in [4.78, 5) is 16.5. The fourth-order valence-electron chi connectivity index (χ4n) is 2.97. The van der Waals surface area contributed by atoms with Crippen LogP contribution in [0.2, 0.25) is 0 Å². The van der Waals surface area contributed by atoms with Gasteiger partial charge in [-0.15, -0.1) is 0 Å². The molecular formula is C18H11NO5S. The number of pyridine rings is 1. The number of para-hydroxylation sites is 1. The SMILES string of the molecule is O=C1C(c2ccc3cccc(S(=O)(=O)O)c3n2)=C(O)c2ccccc21. The molecule has 2 aromatic carbocycles. The van der Waals surface area contributed by atoms with Gasteiger partial charge in [-0.2, -0.15) is 8.42 Å². The van der Waals surface area contributed by atoms with E-state index >= 15 is 0 Å². The molecule has 2 N–H and O–H groups in total. The third-order valence-corrected chi connectivity index (χ3v) is 4.99. The molecule has 124 valence electrons. The Hall–Kier alpha value is -3.03. The quantitative estimate of drug-likeness (QED) is 0.686. The molecule has 7 heteroatoms. The Labute approximate surface area is 142 Å². The molecule has 0 amide bonds. The maximum absolute atomic E-state index is 12.6. The summed E-state index contributed by atoms with van der Waals surface area (Å²) >= 11 is 0. The van der Waals surface area contributed by atoms with Crippen molar-refractivity contribution in [1.82, 2.24) is 4.98 Å². The summed E-state index contributed by atoms with van der Waals surface area (Å²) in [7, 11) is -4.48. The lowest BCUT2D eigenvalue weighted by Gasteiger charge is -2.07. The van der Waals surface area contributed by atoms with Crippen molar-refractivity contribution in [2.75, 3.05) is 0 Å². The normalized spacial score (nSPS) is 14.2. The highest BCUT2D eigenvalue weighted by Crippen LogP contribution is 2.36. The van der Waals surface area contributed by atoms with Crippen LogP contribution in [0.3, 0.4) is 0 Å². The monoisotopic (exact) mass is 353 g/mol. The van der Waals surface area contributed by atoms with E-state index in [2.05, 4.69) is 4.98 Å². The minimum absolute atomic E-state index is 0.00763. The van der Waals surface area contributed by atoms with Crippen molar-refractivity contribution in [1.29, 1.82) is 0 Å². The van der Waals surface area contributed by atoms with Crippen LogP contribution in [-0.4, -0.2) is 28.8 Å². The van der Waals surface area contributed by atoms with Crippen LogP contribution in [-0.2, 0) is 10.1 Å². The Bertz CT molecular complexity index is 1200. The van der Waals surface area contributed by atoms with Gasteiger partial charge < -0.3 is 5.11 Å². The van der Waals surface area contributed by atoms with E-state index in [0.717, 1.165) is 0 Å². The highest BCUT2D eigenvalue weighted by atomic mass is 32.2. The molecule has 0 aliphatic heterocycles. The van der Waals surface area contributed by atoms with Gasteiger partial charge in [-0.1, -0.05) is 42.5 Å². The van der Waals surface area contributed by atoms with E-state index in [9.17, 15) is 22.9 Å². The van der Waals surface area contributed by atoms with Crippen molar-refractivity contribution in [3.8, 4) is 0 Å². The number of Topliss-reactive ketones (excluding diaryl/α,β-unsaturated/α-hetero) is 1. The zero-order valence-corrected chi connectivity index (χ0v) is 13.5. The Morgan fingerprint density at radius 3 is 2.28 bits per heavy atom. The number of allylic oxidation sites excluding steroid dienone is 1. The van der Waals surface area contributed by atoms with Crippen LogP contribution >= 0.6 is 0 Å². The van der Waals surface area contributed by atoms with E-state index in [1.54, 1.807) is 36.4 Å². The van der Waals surface area contributed by atoms with Crippen molar-refractivity contribution in [3.05, 3.63) is 71.4 Å². The molecular weight excluding hydrogens is 342 g/mol. The van der Waals surface area contributed by atoms with Gasteiger partial charge in [-0.3, -0.25) is 9.35 Å². The third kappa shape index (κ3) is 2.33. The molecule has 1 heterocycles. The van der Waals surface area contributed by atoms with Crippen molar-refractivity contribution in [2.24, 2.45) is 0 Å². The second-order valence-electron chi connectivity index (χ2n) is 5.60. The number of fused-ring (bicyclic) bond motifs is 2. The first-order valence-corrected chi connectivity index (χ1v) is 8.77. The summed E-state index contributed by atoms with van der Waals surface area (Å²) < 4.78 is 32.5. The molecule has 1 aliphatic rings. The number of carbonyl (C=O) groups is 1. The van der Waals surface area contributed by atoms with Crippen LogP contribution in [0.5, 0.6) is 0 Å². The minimum atomic E-state index is -4.48. The first-order chi connectivity index (χ1) is 11.9. The maximum atomic E-state index is 12.6. The van der Waals surface area contributed by atoms with Gasteiger partial charge >= 0.3 is 0 Å². The van der Waals surface area contributed by atoms with Gasteiger partial charge in [0.25, 0.3) is 10.1 Å². The van der Waals surface area contributed by atoms with E-state index < -0.39 is 10.1 Å². The van der Waals surface area contributed by atoms with Crippen LogP contribution in [0.4, 0.5) is 0 Å². The number of benzene rings is 2. The van der Waals surface area contributed by atoms with E-state index in [0.29, 0.717) is 16.5 Å². The number of nitrogens with zero attached hydrogens (tertiary/aromatic N) is 1. The zero-order valence-electron chi connectivity index (χ0n) is 12.7. The topological polar surface area (TPSA) is 105 Å². The summed E-state index contributed by atoms with van der Waals surface area (Å²) in [5, 5.41) is 10.9. The Kier molecular flexibility index (Phi) is 3.24. The van der Waals surface area contributed by atoms with Gasteiger partial charge in [0.1, 0.15) is 10.7 Å². The highest BCUT2D eigenvalue weighted by Gasteiger charge is 2.31. The smallest absolute Gasteiger partial charge is 0.296 e. The second-order valence-corrected chi connectivity index (χ2v) is 6.99. The van der Waals surface area contributed by atoms with E-state index in [4.69, 9.17) is 0 Å². The second kappa shape index (κ2) is 5.23. The van der Waals surface area contributed by atoms with Gasteiger partial charge in [0.05, 0.1) is 16.8 Å². The molecule has 0 radical (unpaired) electrons. The standard InChI is InChI=1S/C18H11NO5S/c20-17-11-5-1-2-6-12(11)18(21)15(17)13-9-8-10-4-3-7-14(16(10)19-13)25(22,23)24/h1-9,20H,(H,22,23,24). The molecule has 0 saturated heterocycles. The van der Waals surface area contributed by atoms with Crippen molar-refractivity contribution >= 4 is 38.1 Å². The minimum Gasteiger partial charge on any atom is -0.506 e. The summed E-state index contributed by atoms with van der Waals surface area (Å²) in [6, 6.07) is 14.1. The molecule has 4 rings (SSSR count). The zero-order chi connectivity index (χ0) is 17.8. The van der Waals surface area contributed by atoms with Crippen molar-refractivity contribution in [3.63, 3.8) is 0 Å². The number of hydrogen-bond acceptors (Lipinski definition) is 5. The maximum Gasteiger partial charge on any atom is 0.296 e. The van der Waals surface area contributed by atoms with Gasteiger partial charge in [-0.25, -0.2) is 4.98 Å². The summed E-state index contributed by atoms with van der Waals surface area (Å²) in [6.07, 6.45) is 0. The van der Waals surface area contributed by atoms with Gasteiger partial charge in [0.15, 0.2) is 5.78 Å². The molecule has 0 saturated carbocycles. The summed E-state index contributed by atoms with van der Waals surface area (Å²) in [5.41, 5.74) is 0.953. The van der Waals surface area contributed by atoms with Gasteiger partial charge in [0, 0.05) is 16.5 Å². The third-order valence-electron chi connectivity index (χ3n) is 4.11. The van der Waals surface area contributed by atoms with Crippen LogP contribution in [0.25, 0.3) is 22.2 Å². The fourth-order valence-corrected chi connectivity index (χ4v) is 3.63. The average molecular weight is 353 g/mol. The number of hydrogen-bond donors (Lipinski definition) is 2. The lowest BCUT2D eigenvalue weighted by Crippen LogP contribution is -2.04. The molecule has 3 aromatic rings. The van der Waals surface area contributed by atoms with Crippen LogP contribution in [0.15, 0.2) is 59.5 Å². The highest BCUT2D eigenvalue weighted by molar-refractivity contribution is 7.86. The van der Waals surface area contributed by atoms with Crippen LogP contribution in [0.1, 0.15) is 21.6 Å². The summed E-state index contributed by atoms with van der Waals surface area (Å²) in [5.74, 6) is -0.582. The largest absolute Gasteiger partial charge is 0.506 e.